The Hall–Kier alpha value is -2.34. The van der Waals surface area contributed by atoms with E-state index in [1.54, 1.807) is 13.0 Å². The lowest BCUT2D eigenvalue weighted by molar-refractivity contribution is -0.115. The average molecular weight is 330 g/mol. The molecule has 0 spiro atoms. The number of aromatic nitrogens is 1. The van der Waals surface area contributed by atoms with Crippen molar-refractivity contribution in [3.63, 3.8) is 0 Å². The second-order valence-electron chi connectivity index (χ2n) is 5.23. The molecule has 0 fully saturated rings. The number of carbonyl (C=O) groups is 2. The van der Waals surface area contributed by atoms with E-state index in [0.717, 1.165) is 28.6 Å². The highest BCUT2D eigenvalue weighted by atomic mass is 32.2. The van der Waals surface area contributed by atoms with Gasteiger partial charge in [-0.25, -0.2) is 9.78 Å². The molecule has 1 atom stereocenters. The number of aryl methyl sites for hydroxylation is 2. The standard InChI is InChI=1S/C17H18N2O3S/c1-10-6-7-11(2)14(9-10)19-15(20)12(3)23-16-13(17(21)22)5-4-8-18-16/h4-9,12H,1-3H3,(H,19,20)(H,21,22)/t12-/m1/s1. The van der Waals surface area contributed by atoms with E-state index >= 15 is 0 Å². The first-order valence-electron chi connectivity index (χ1n) is 7.11. The van der Waals surface area contributed by atoms with Crippen molar-refractivity contribution in [3.8, 4) is 0 Å². The molecule has 1 heterocycles. The fourth-order valence-electron chi connectivity index (χ4n) is 1.97. The van der Waals surface area contributed by atoms with Crippen LogP contribution in [0.15, 0.2) is 41.6 Å². The molecule has 0 saturated heterocycles. The lowest BCUT2D eigenvalue weighted by atomic mass is 10.1. The van der Waals surface area contributed by atoms with Gasteiger partial charge in [-0.3, -0.25) is 4.79 Å². The highest BCUT2D eigenvalue weighted by Gasteiger charge is 2.20. The molecule has 0 saturated carbocycles. The summed E-state index contributed by atoms with van der Waals surface area (Å²) in [6.07, 6.45) is 1.52. The molecule has 2 aromatic rings. The number of aromatic carboxylic acids is 1. The van der Waals surface area contributed by atoms with Crippen molar-refractivity contribution in [1.29, 1.82) is 0 Å². The molecule has 120 valence electrons. The summed E-state index contributed by atoms with van der Waals surface area (Å²) in [4.78, 5) is 27.6. The molecule has 2 N–H and O–H groups in total. The Morgan fingerprint density at radius 2 is 2.00 bits per heavy atom. The summed E-state index contributed by atoms with van der Waals surface area (Å²) in [5.74, 6) is -1.24. The molecule has 2 rings (SSSR count). The first-order valence-corrected chi connectivity index (χ1v) is 7.99. The molecular formula is C17H18N2O3S. The Balaban J connectivity index is 2.12. The maximum atomic E-state index is 12.4. The minimum Gasteiger partial charge on any atom is -0.478 e. The van der Waals surface area contributed by atoms with E-state index in [0.29, 0.717) is 5.03 Å². The zero-order valence-corrected chi connectivity index (χ0v) is 14.0. The molecule has 1 aromatic carbocycles. The van der Waals surface area contributed by atoms with Gasteiger partial charge in [0.25, 0.3) is 0 Å². The van der Waals surface area contributed by atoms with Crippen LogP contribution in [0.2, 0.25) is 0 Å². The van der Waals surface area contributed by atoms with Crippen LogP contribution in [0.1, 0.15) is 28.4 Å². The third kappa shape index (κ3) is 4.32. The van der Waals surface area contributed by atoms with Gasteiger partial charge in [0.2, 0.25) is 5.91 Å². The predicted octanol–water partition coefficient (Wildman–Crippen LogP) is 3.52. The van der Waals surface area contributed by atoms with E-state index in [2.05, 4.69) is 10.3 Å². The molecular weight excluding hydrogens is 312 g/mol. The predicted molar refractivity (Wildman–Crippen MR) is 91.1 cm³/mol. The largest absolute Gasteiger partial charge is 0.478 e. The molecule has 1 amide bonds. The molecule has 0 bridgehead atoms. The molecule has 23 heavy (non-hydrogen) atoms. The monoisotopic (exact) mass is 330 g/mol. The fourth-order valence-corrected chi connectivity index (χ4v) is 2.88. The number of benzene rings is 1. The molecule has 1 aromatic heterocycles. The number of hydrogen-bond donors (Lipinski definition) is 2. The molecule has 0 aliphatic carbocycles. The lowest BCUT2D eigenvalue weighted by Crippen LogP contribution is -2.23. The zero-order valence-electron chi connectivity index (χ0n) is 13.2. The minimum absolute atomic E-state index is 0.101. The number of anilines is 1. The van der Waals surface area contributed by atoms with Crippen molar-refractivity contribution in [3.05, 3.63) is 53.2 Å². The van der Waals surface area contributed by atoms with E-state index in [1.165, 1.54) is 12.3 Å². The van der Waals surface area contributed by atoms with E-state index in [4.69, 9.17) is 5.11 Å². The fraction of sp³-hybridized carbons (Fsp3) is 0.235. The Bertz CT molecular complexity index is 746. The summed E-state index contributed by atoms with van der Waals surface area (Å²) in [6, 6.07) is 8.88. The molecule has 0 radical (unpaired) electrons. The number of nitrogens with one attached hydrogen (secondary N) is 1. The Morgan fingerprint density at radius 3 is 2.70 bits per heavy atom. The lowest BCUT2D eigenvalue weighted by Gasteiger charge is -2.14. The zero-order chi connectivity index (χ0) is 17.0. The Kier molecular flexibility index (Phi) is 5.39. The second kappa shape index (κ2) is 7.28. The van der Waals surface area contributed by atoms with Gasteiger partial charge < -0.3 is 10.4 Å². The number of carbonyl (C=O) groups excluding carboxylic acids is 1. The molecule has 0 aliphatic heterocycles. The SMILES string of the molecule is Cc1ccc(C)c(NC(=O)[C@@H](C)Sc2ncccc2C(=O)O)c1. The smallest absolute Gasteiger partial charge is 0.338 e. The van der Waals surface area contributed by atoms with Crippen LogP contribution in [0.25, 0.3) is 0 Å². The number of thioether (sulfide) groups is 1. The van der Waals surface area contributed by atoms with E-state index in [-0.39, 0.29) is 11.5 Å². The summed E-state index contributed by atoms with van der Waals surface area (Å²) >= 11 is 1.13. The van der Waals surface area contributed by atoms with Crippen LogP contribution < -0.4 is 5.32 Å². The number of nitrogens with zero attached hydrogens (tertiary/aromatic N) is 1. The minimum atomic E-state index is -1.05. The summed E-state index contributed by atoms with van der Waals surface area (Å²) in [5.41, 5.74) is 2.90. The second-order valence-corrected chi connectivity index (χ2v) is 6.56. The maximum absolute atomic E-state index is 12.4. The first kappa shape index (κ1) is 17.0. The third-order valence-electron chi connectivity index (χ3n) is 3.31. The number of carboxylic acid groups (broad SMARTS) is 1. The van der Waals surface area contributed by atoms with Crippen molar-refractivity contribution in [1.82, 2.24) is 4.98 Å². The number of rotatable bonds is 5. The number of carboxylic acids is 1. The van der Waals surface area contributed by atoms with Crippen molar-refractivity contribution in [2.75, 3.05) is 5.32 Å². The summed E-state index contributed by atoms with van der Waals surface area (Å²) in [7, 11) is 0. The average Bonchev–Trinajstić information content (AvgIpc) is 2.51. The van der Waals surface area contributed by atoms with Gasteiger partial charge in [-0.15, -0.1) is 0 Å². The molecule has 6 heteroatoms. The van der Waals surface area contributed by atoms with Gasteiger partial charge in [0.1, 0.15) is 5.03 Å². The van der Waals surface area contributed by atoms with Crippen LogP contribution >= 0.6 is 11.8 Å². The number of amides is 1. The van der Waals surface area contributed by atoms with Gasteiger partial charge in [0.05, 0.1) is 10.8 Å². The Morgan fingerprint density at radius 1 is 1.26 bits per heavy atom. The van der Waals surface area contributed by atoms with Gasteiger partial charge in [-0.05, 0) is 50.1 Å². The van der Waals surface area contributed by atoms with E-state index in [9.17, 15) is 9.59 Å². The molecule has 5 nitrogen and oxygen atoms in total. The van der Waals surface area contributed by atoms with Gasteiger partial charge in [0.15, 0.2) is 0 Å². The first-order chi connectivity index (χ1) is 10.9. The summed E-state index contributed by atoms with van der Waals surface area (Å²) < 4.78 is 0. The summed E-state index contributed by atoms with van der Waals surface area (Å²) in [5, 5.41) is 11.9. The maximum Gasteiger partial charge on any atom is 0.338 e. The van der Waals surface area contributed by atoms with Crippen molar-refractivity contribution in [2.24, 2.45) is 0 Å². The number of pyridine rings is 1. The van der Waals surface area contributed by atoms with Crippen molar-refractivity contribution < 1.29 is 14.7 Å². The number of hydrogen-bond acceptors (Lipinski definition) is 4. The van der Waals surface area contributed by atoms with Crippen molar-refractivity contribution in [2.45, 2.75) is 31.0 Å². The summed E-state index contributed by atoms with van der Waals surface area (Å²) in [6.45, 7) is 5.61. The molecule has 0 unspecified atom stereocenters. The van der Waals surface area contributed by atoms with Crippen molar-refractivity contribution >= 4 is 29.3 Å². The quantitative estimate of drug-likeness (QED) is 0.820. The third-order valence-corrected chi connectivity index (χ3v) is 4.43. The topological polar surface area (TPSA) is 79.3 Å². The highest BCUT2D eigenvalue weighted by molar-refractivity contribution is 8.00. The van der Waals surface area contributed by atoms with Crippen LogP contribution in [0, 0.1) is 13.8 Å². The Labute approximate surface area is 139 Å². The van der Waals surface area contributed by atoms with Crippen LogP contribution in [-0.4, -0.2) is 27.2 Å². The van der Waals surface area contributed by atoms with Gasteiger partial charge >= 0.3 is 5.97 Å². The normalized spacial score (nSPS) is 11.8. The van der Waals surface area contributed by atoms with Crippen LogP contribution in [-0.2, 0) is 4.79 Å². The highest BCUT2D eigenvalue weighted by Crippen LogP contribution is 2.26. The van der Waals surface area contributed by atoms with Gasteiger partial charge in [0, 0.05) is 11.9 Å². The van der Waals surface area contributed by atoms with Gasteiger partial charge in [-0.1, -0.05) is 23.9 Å². The molecule has 0 aliphatic rings. The van der Waals surface area contributed by atoms with Crippen LogP contribution in [0.5, 0.6) is 0 Å². The van der Waals surface area contributed by atoms with Crippen LogP contribution in [0.4, 0.5) is 5.69 Å². The van der Waals surface area contributed by atoms with E-state index < -0.39 is 11.2 Å². The van der Waals surface area contributed by atoms with Gasteiger partial charge in [-0.2, -0.15) is 0 Å². The van der Waals surface area contributed by atoms with Crippen LogP contribution in [0.3, 0.4) is 0 Å². The van der Waals surface area contributed by atoms with E-state index in [1.807, 2.05) is 32.0 Å².